The summed E-state index contributed by atoms with van der Waals surface area (Å²) in [5, 5.41) is 0. The van der Waals surface area contributed by atoms with E-state index in [2.05, 4.69) is 45.0 Å². The molecule has 0 heteroatoms. The third-order valence-electron chi connectivity index (χ3n) is 3.88. The van der Waals surface area contributed by atoms with Crippen LogP contribution in [0.5, 0.6) is 0 Å². The molecule has 0 saturated heterocycles. The summed E-state index contributed by atoms with van der Waals surface area (Å²) < 4.78 is 0. The molecule has 1 aromatic rings. The number of rotatable bonds is 9. The molecule has 1 unspecified atom stereocenters. The van der Waals surface area contributed by atoms with Crippen molar-refractivity contribution in [2.45, 2.75) is 71.1 Å². The van der Waals surface area contributed by atoms with Gasteiger partial charge in [0.2, 0.25) is 0 Å². The van der Waals surface area contributed by atoms with Gasteiger partial charge in [-0.1, -0.05) is 77.1 Å². The fraction of sp³-hybridized carbons (Fsp3) is 0.611. The number of hydrogen-bond donors (Lipinski definition) is 0. The Hall–Kier alpha value is -0.780. The van der Waals surface area contributed by atoms with Crippen molar-refractivity contribution in [2.24, 2.45) is 0 Å². The lowest BCUT2D eigenvalue weighted by Crippen LogP contribution is -1.92. The average Bonchev–Trinajstić information content (AvgIpc) is 2.42. The van der Waals surface area contributed by atoms with Gasteiger partial charge in [-0.15, -0.1) is 0 Å². The van der Waals surface area contributed by atoms with Gasteiger partial charge in [0.1, 0.15) is 0 Å². The second-order valence-electron chi connectivity index (χ2n) is 5.42. The predicted molar refractivity (Wildman–Crippen MR) is 81.9 cm³/mol. The summed E-state index contributed by atoms with van der Waals surface area (Å²) in [6.45, 7) is 8.44. The van der Waals surface area contributed by atoms with Crippen molar-refractivity contribution < 1.29 is 0 Å². The molecule has 1 atom stereocenters. The normalized spacial score (nSPS) is 12.6. The van der Waals surface area contributed by atoms with Crippen LogP contribution in [0.3, 0.4) is 0 Å². The van der Waals surface area contributed by atoms with Crippen LogP contribution in [0.15, 0.2) is 24.3 Å². The molecule has 0 spiro atoms. The number of aryl methyl sites for hydroxylation is 1. The minimum atomic E-state index is 0.696. The van der Waals surface area contributed by atoms with Crippen molar-refractivity contribution in [2.75, 3.05) is 0 Å². The maximum absolute atomic E-state index is 3.88. The van der Waals surface area contributed by atoms with E-state index in [1.807, 2.05) is 0 Å². The average molecular weight is 245 g/mol. The first-order valence-electron chi connectivity index (χ1n) is 7.66. The van der Waals surface area contributed by atoms with Gasteiger partial charge in [-0.2, -0.15) is 0 Å². The summed E-state index contributed by atoms with van der Waals surface area (Å²) in [5.74, 6) is 0.696. The molecule has 0 aromatic heterocycles. The van der Waals surface area contributed by atoms with Crippen LogP contribution >= 0.6 is 0 Å². The third kappa shape index (κ3) is 5.71. The molecule has 0 N–H and O–H groups in total. The van der Waals surface area contributed by atoms with Crippen LogP contribution < -0.4 is 0 Å². The van der Waals surface area contributed by atoms with Gasteiger partial charge in [0.25, 0.3) is 0 Å². The highest BCUT2D eigenvalue weighted by Gasteiger charge is 2.02. The molecule has 0 fully saturated rings. The lowest BCUT2D eigenvalue weighted by Gasteiger charge is -2.09. The molecule has 0 nitrogen and oxygen atoms in total. The Bertz CT molecular complexity index is 296. The summed E-state index contributed by atoms with van der Waals surface area (Å²) in [4.78, 5) is 0. The third-order valence-corrected chi connectivity index (χ3v) is 3.88. The Labute approximate surface area is 114 Å². The largest absolute Gasteiger partial charge is 0.0648 e. The molecular weight excluding hydrogens is 216 g/mol. The molecule has 0 bridgehead atoms. The zero-order valence-corrected chi connectivity index (χ0v) is 12.3. The summed E-state index contributed by atoms with van der Waals surface area (Å²) in [6, 6.07) is 9.26. The zero-order chi connectivity index (χ0) is 13.2. The summed E-state index contributed by atoms with van der Waals surface area (Å²) in [5.41, 5.74) is 2.98. The standard InChI is InChI=1S/C18H29/c1-4-6-7-8-9-10-11-17-12-14-18(15-13-17)16(3)5-2/h12-16H,1,4-11H2,2-3H3. The maximum atomic E-state index is 3.88. The minimum Gasteiger partial charge on any atom is -0.0648 e. The van der Waals surface area contributed by atoms with E-state index >= 15 is 0 Å². The first-order chi connectivity index (χ1) is 8.77. The smallest absolute Gasteiger partial charge is 0.0193 e. The van der Waals surface area contributed by atoms with Crippen LogP contribution in [0.4, 0.5) is 0 Å². The molecule has 0 amide bonds. The van der Waals surface area contributed by atoms with Crippen molar-refractivity contribution in [3.05, 3.63) is 42.3 Å². The SMILES string of the molecule is [CH2]CCCCCCCc1ccc(C(C)CC)cc1. The highest BCUT2D eigenvalue weighted by molar-refractivity contribution is 5.25. The number of unbranched alkanes of at least 4 members (excludes halogenated alkanes) is 5. The van der Waals surface area contributed by atoms with Gasteiger partial charge in [0, 0.05) is 0 Å². The fourth-order valence-electron chi connectivity index (χ4n) is 2.28. The van der Waals surface area contributed by atoms with E-state index in [0.717, 1.165) is 6.42 Å². The van der Waals surface area contributed by atoms with Crippen LogP contribution in [0.2, 0.25) is 0 Å². The predicted octanol–water partition coefficient (Wildman–Crippen LogP) is 5.92. The van der Waals surface area contributed by atoms with Crippen molar-refractivity contribution in [3.63, 3.8) is 0 Å². The van der Waals surface area contributed by atoms with E-state index in [9.17, 15) is 0 Å². The van der Waals surface area contributed by atoms with Gasteiger partial charge in [-0.25, -0.2) is 0 Å². The Morgan fingerprint density at radius 1 is 0.944 bits per heavy atom. The summed E-state index contributed by atoms with van der Waals surface area (Å²) >= 11 is 0. The fourth-order valence-corrected chi connectivity index (χ4v) is 2.28. The van der Waals surface area contributed by atoms with E-state index in [-0.39, 0.29) is 0 Å². The second kappa shape index (κ2) is 9.19. The molecule has 0 heterocycles. The van der Waals surface area contributed by atoms with Crippen molar-refractivity contribution >= 4 is 0 Å². The van der Waals surface area contributed by atoms with Crippen molar-refractivity contribution in [1.82, 2.24) is 0 Å². The lowest BCUT2D eigenvalue weighted by atomic mass is 9.96. The summed E-state index contributed by atoms with van der Waals surface area (Å²) in [6.07, 6.45) is 10.3. The molecule has 0 aliphatic carbocycles. The van der Waals surface area contributed by atoms with E-state index in [1.54, 1.807) is 0 Å². The number of benzene rings is 1. The second-order valence-corrected chi connectivity index (χ2v) is 5.42. The van der Waals surface area contributed by atoms with Crippen molar-refractivity contribution in [3.8, 4) is 0 Å². The Kier molecular flexibility index (Phi) is 7.80. The molecular formula is C18H29. The first kappa shape index (κ1) is 15.3. The molecule has 18 heavy (non-hydrogen) atoms. The van der Waals surface area contributed by atoms with Crippen molar-refractivity contribution in [1.29, 1.82) is 0 Å². The van der Waals surface area contributed by atoms with Gasteiger partial charge in [-0.05, 0) is 36.3 Å². The summed E-state index contributed by atoms with van der Waals surface area (Å²) in [7, 11) is 0. The Balaban J connectivity index is 2.22. The molecule has 1 rings (SSSR count). The maximum Gasteiger partial charge on any atom is -0.0193 e. The van der Waals surface area contributed by atoms with Gasteiger partial charge < -0.3 is 0 Å². The zero-order valence-electron chi connectivity index (χ0n) is 12.3. The van der Waals surface area contributed by atoms with E-state index in [0.29, 0.717) is 5.92 Å². The molecule has 1 radical (unpaired) electrons. The lowest BCUT2D eigenvalue weighted by molar-refractivity contribution is 0.617. The highest BCUT2D eigenvalue weighted by atomic mass is 14.1. The van der Waals surface area contributed by atoms with Crippen LogP contribution in [-0.4, -0.2) is 0 Å². The monoisotopic (exact) mass is 245 g/mol. The van der Waals surface area contributed by atoms with Crippen LogP contribution in [0, 0.1) is 6.92 Å². The first-order valence-corrected chi connectivity index (χ1v) is 7.66. The molecule has 0 aliphatic heterocycles. The van der Waals surface area contributed by atoms with Gasteiger partial charge in [0.15, 0.2) is 0 Å². The Morgan fingerprint density at radius 3 is 2.17 bits per heavy atom. The molecule has 101 valence electrons. The van der Waals surface area contributed by atoms with Gasteiger partial charge in [-0.3, -0.25) is 0 Å². The quantitative estimate of drug-likeness (QED) is 0.474. The number of hydrogen-bond acceptors (Lipinski definition) is 0. The highest BCUT2D eigenvalue weighted by Crippen LogP contribution is 2.19. The van der Waals surface area contributed by atoms with Gasteiger partial charge >= 0.3 is 0 Å². The molecule has 0 aliphatic rings. The Morgan fingerprint density at radius 2 is 1.56 bits per heavy atom. The molecule has 0 saturated carbocycles. The topological polar surface area (TPSA) is 0 Å². The minimum absolute atomic E-state index is 0.696. The van der Waals surface area contributed by atoms with Crippen LogP contribution in [-0.2, 0) is 6.42 Å². The van der Waals surface area contributed by atoms with Gasteiger partial charge in [0.05, 0.1) is 0 Å². The van der Waals surface area contributed by atoms with E-state index in [4.69, 9.17) is 0 Å². The van der Waals surface area contributed by atoms with E-state index < -0.39 is 0 Å². The van der Waals surface area contributed by atoms with E-state index in [1.165, 1.54) is 56.1 Å². The van der Waals surface area contributed by atoms with Crippen LogP contribution in [0.1, 0.15) is 75.8 Å². The van der Waals surface area contributed by atoms with Crippen LogP contribution in [0.25, 0.3) is 0 Å². The molecule has 1 aromatic carbocycles.